The first-order valence-electron chi connectivity index (χ1n) is 6.05. The predicted octanol–water partition coefficient (Wildman–Crippen LogP) is 1.06. The van der Waals surface area contributed by atoms with Crippen molar-refractivity contribution in [3.63, 3.8) is 0 Å². The summed E-state index contributed by atoms with van der Waals surface area (Å²) in [6.45, 7) is 0.329. The lowest BCUT2D eigenvalue weighted by Crippen LogP contribution is -2.32. The number of nitrogens with two attached hydrogens (primary N) is 1. The molecular weight excluding hydrogens is 316 g/mol. The molecule has 0 aliphatic heterocycles. The second-order valence-corrected chi connectivity index (χ2v) is 5.31. The summed E-state index contributed by atoms with van der Waals surface area (Å²) in [5.74, 6) is -0.388. The molecule has 0 radical (unpaired) electrons. The average Bonchev–Trinajstić information content (AvgIpc) is 2.46. The number of carboxylic acid groups (broad SMARTS) is 1. The molecule has 0 heterocycles. The van der Waals surface area contributed by atoms with Crippen molar-refractivity contribution in [2.24, 2.45) is 5.73 Å². The molecule has 4 N–H and O–H groups in total. The summed E-state index contributed by atoms with van der Waals surface area (Å²) in [6.07, 6.45) is 0. The fourth-order valence-corrected chi connectivity index (χ4v) is 2.28. The van der Waals surface area contributed by atoms with Gasteiger partial charge in [0.25, 0.3) is 11.4 Å². The standard InChI is InChI=1S/C11H14N4O6S/c12-8(11(16)17)6-22-4-3-13-9-2-1-7(14(18)19)5-10(9)15(20)21/h1-2,5,8,13H,3-4,6,12H2,(H,16,17)/t8-/m0/s1. The van der Waals surface area contributed by atoms with E-state index in [1.165, 1.54) is 23.9 Å². The van der Waals surface area contributed by atoms with Crippen molar-refractivity contribution in [2.45, 2.75) is 6.04 Å². The number of nitrogens with one attached hydrogen (secondary N) is 1. The van der Waals surface area contributed by atoms with E-state index in [1.54, 1.807) is 0 Å². The number of non-ortho nitro benzene ring substituents is 1. The quantitative estimate of drug-likeness (QED) is 0.341. The Balaban J connectivity index is 2.57. The first-order chi connectivity index (χ1) is 10.3. The molecule has 0 spiro atoms. The van der Waals surface area contributed by atoms with Gasteiger partial charge in [0, 0.05) is 24.1 Å². The summed E-state index contributed by atoms with van der Waals surface area (Å²) in [7, 11) is 0. The fraction of sp³-hybridized carbons (Fsp3) is 0.364. The highest BCUT2D eigenvalue weighted by atomic mass is 32.2. The summed E-state index contributed by atoms with van der Waals surface area (Å²) < 4.78 is 0. The molecule has 22 heavy (non-hydrogen) atoms. The molecule has 0 aromatic heterocycles. The summed E-state index contributed by atoms with van der Waals surface area (Å²) in [4.78, 5) is 30.6. The maximum atomic E-state index is 10.9. The Morgan fingerprint density at radius 2 is 2.05 bits per heavy atom. The number of rotatable bonds is 9. The molecule has 1 atom stereocenters. The lowest BCUT2D eigenvalue weighted by Gasteiger charge is -2.08. The maximum Gasteiger partial charge on any atom is 0.321 e. The Morgan fingerprint density at radius 3 is 2.59 bits per heavy atom. The van der Waals surface area contributed by atoms with Crippen molar-refractivity contribution in [1.82, 2.24) is 0 Å². The number of carboxylic acids is 1. The van der Waals surface area contributed by atoms with Crippen LogP contribution >= 0.6 is 11.8 Å². The second kappa shape index (κ2) is 8.14. The second-order valence-electron chi connectivity index (χ2n) is 4.16. The van der Waals surface area contributed by atoms with Crippen LogP contribution in [0, 0.1) is 20.2 Å². The number of carbonyl (C=O) groups is 1. The van der Waals surface area contributed by atoms with Crippen LogP contribution < -0.4 is 11.1 Å². The van der Waals surface area contributed by atoms with E-state index >= 15 is 0 Å². The van der Waals surface area contributed by atoms with E-state index in [9.17, 15) is 25.0 Å². The van der Waals surface area contributed by atoms with Gasteiger partial charge in [-0.15, -0.1) is 0 Å². The van der Waals surface area contributed by atoms with Crippen LogP contribution in [0.4, 0.5) is 17.1 Å². The van der Waals surface area contributed by atoms with Gasteiger partial charge in [-0.3, -0.25) is 25.0 Å². The molecule has 0 aliphatic rings. The smallest absolute Gasteiger partial charge is 0.321 e. The van der Waals surface area contributed by atoms with Gasteiger partial charge in [-0.05, 0) is 6.07 Å². The Hall–Kier alpha value is -2.40. The first-order valence-corrected chi connectivity index (χ1v) is 7.21. The third-order valence-corrected chi connectivity index (χ3v) is 3.65. The van der Waals surface area contributed by atoms with Crippen LogP contribution in [-0.2, 0) is 4.79 Å². The van der Waals surface area contributed by atoms with Crippen molar-refractivity contribution in [1.29, 1.82) is 0 Å². The minimum atomic E-state index is -1.09. The highest BCUT2D eigenvalue weighted by Crippen LogP contribution is 2.28. The highest BCUT2D eigenvalue weighted by Gasteiger charge is 2.19. The third kappa shape index (κ3) is 5.18. The molecular formula is C11H14N4O6S. The molecule has 120 valence electrons. The SMILES string of the molecule is N[C@@H](CSCCNc1ccc([N+](=O)[O-])cc1[N+](=O)[O-])C(=O)O. The lowest BCUT2D eigenvalue weighted by atomic mass is 10.2. The molecule has 0 amide bonds. The van der Waals surface area contributed by atoms with Crippen LogP contribution in [0.2, 0.25) is 0 Å². The van der Waals surface area contributed by atoms with E-state index < -0.39 is 21.9 Å². The normalized spacial score (nSPS) is 11.7. The molecule has 0 saturated carbocycles. The van der Waals surface area contributed by atoms with Gasteiger partial charge in [0.2, 0.25) is 0 Å². The van der Waals surface area contributed by atoms with Crippen LogP contribution in [0.25, 0.3) is 0 Å². The van der Waals surface area contributed by atoms with Gasteiger partial charge in [0.1, 0.15) is 11.7 Å². The fourth-order valence-electron chi connectivity index (χ4n) is 1.47. The van der Waals surface area contributed by atoms with Crippen LogP contribution in [0.5, 0.6) is 0 Å². The number of aliphatic carboxylic acids is 1. The molecule has 10 nitrogen and oxygen atoms in total. The van der Waals surface area contributed by atoms with Crippen molar-refractivity contribution < 1.29 is 19.7 Å². The number of nitro benzene ring substituents is 2. The molecule has 1 aromatic rings. The average molecular weight is 330 g/mol. The van der Waals surface area contributed by atoms with Crippen LogP contribution in [0.15, 0.2) is 18.2 Å². The van der Waals surface area contributed by atoms with Gasteiger partial charge in [0.15, 0.2) is 0 Å². The molecule has 0 aliphatic carbocycles. The highest BCUT2D eigenvalue weighted by molar-refractivity contribution is 7.99. The Morgan fingerprint density at radius 1 is 1.36 bits per heavy atom. The molecule has 11 heteroatoms. The summed E-state index contributed by atoms with van der Waals surface area (Å²) in [5.41, 5.74) is 4.74. The first kappa shape index (κ1) is 17.7. The zero-order valence-corrected chi connectivity index (χ0v) is 12.1. The molecule has 0 bridgehead atoms. The number of nitrogens with zero attached hydrogens (tertiary/aromatic N) is 2. The molecule has 0 unspecified atom stereocenters. The monoisotopic (exact) mass is 330 g/mol. The Bertz CT molecular complexity index is 582. The van der Waals surface area contributed by atoms with E-state index in [-0.39, 0.29) is 22.8 Å². The number of anilines is 1. The largest absolute Gasteiger partial charge is 0.480 e. The van der Waals surface area contributed by atoms with Gasteiger partial charge in [0.05, 0.1) is 15.9 Å². The van der Waals surface area contributed by atoms with E-state index in [4.69, 9.17) is 10.8 Å². The number of hydrogen-bond donors (Lipinski definition) is 3. The van der Waals surface area contributed by atoms with E-state index in [0.717, 1.165) is 6.07 Å². The van der Waals surface area contributed by atoms with Gasteiger partial charge in [-0.2, -0.15) is 11.8 Å². The molecule has 1 rings (SSSR count). The Kier molecular flexibility index (Phi) is 6.53. The summed E-state index contributed by atoms with van der Waals surface area (Å²) in [6, 6.07) is 2.36. The van der Waals surface area contributed by atoms with Gasteiger partial charge >= 0.3 is 5.97 Å². The van der Waals surface area contributed by atoms with E-state index in [1.807, 2.05) is 0 Å². The topological polar surface area (TPSA) is 162 Å². The maximum absolute atomic E-state index is 10.9. The number of thioether (sulfide) groups is 1. The zero-order valence-electron chi connectivity index (χ0n) is 11.3. The van der Waals surface area contributed by atoms with Crippen LogP contribution in [0.3, 0.4) is 0 Å². The van der Waals surface area contributed by atoms with Crippen molar-refractivity contribution >= 4 is 34.8 Å². The predicted molar refractivity (Wildman–Crippen MR) is 81.2 cm³/mol. The van der Waals surface area contributed by atoms with Crippen LogP contribution in [0.1, 0.15) is 0 Å². The molecule has 0 fully saturated rings. The van der Waals surface area contributed by atoms with Crippen molar-refractivity contribution in [3.8, 4) is 0 Å². The van der Waals surface area contributed by atoms with Crippen LogP contribution in [-0.4, -0.2) is 45.0 Å². The van der Waals surface area contributed by atoms with Gasteiger partial charge in [-0.25, -0.2) is 0 Å². The number of benzene rings is 1. The Labute approximate surface area is 129 Å². The number of nitro groups is 2. The summed E-state index contributed by atoms with van der Waals surface area (Å²) >= 11 is 1.28. The van der Waals surface area contributed by atoms with Crippen molar-refractivity contribution in [3.05, 3.63) is 38.4 Å². The third-order valence-electron chi connectivity index (χ3n) is 2.57. The zero-order chi connectivity index (χ0) is 16.7. The molecule has 0 saturated heterocycles. The van der Waals surface area contributed by atoms with Gasteiger partial charge < -0.3 is 16.2 Å². The van der Waals surface area contributed by atoms with E-state index in [2.05, 4.69) is 5.32 Å². The minimum absolute atomic E-state index is 0.165. The minimum Gasteiger partial charge on any atom is -0.480 e. The van der Waals surface area contributed by atoms with Crippen molar-refractivity contribution in [2.75, 3.05) is 23.4 Å². The summed E-state index contributed by atoms with van der Waals surface area (Å²) in [5, 5.41) is 32.9. The van der Waals surface area contributed by atoms with Gasteiger partial charge in [-0.1, -0.05) is 0 Å². The molecule has 1 aromatic carbocycles. The van der Waals surface area contributed by atoms with E-state index in [0.29, 0.717) is 12.3 Å². The lowest BCUT2D eigenvalue weighted by molar-refractivity contribution is -0.393. The number of hydrogen-bond acceptors (Lipinski definition) is 8.